The van der Waals surface area contributed by atoms with Crippen LogP contribution in [0.2, 0.25) is 25.7 Å². The lowest BCUT2D eigenvalue weighted by Gasteiger charge is -2.25. The van der Waals surface area contributed by atoms with Crippen LogP contribution in [0.3, 0.4) is 0 Å². The predicted octanol–water partition coefficient (Wildman–Crippen LogP) is 4.17. The minimum atomic E-state index is -1.10. The molecular formula is C15H32N2O2Si. The summed E-state index contributed by atoms with van der Waals surface area (Å²) in [6.45, 7) is 8.33. The van der Waals surface area contributed by atoms with Crippen LogP contribution in [0.15, 0.2) is 0 Å². The van der Waals surface area contributed by atoms with Gasteiger partial charge in [-0.1, -0.05) is 51.7 Å². The third-order valence-electron chi connectivity index (χ3n) is 4.13. The molecule has 0 aliphatic heterocycles. The molecule has 0 unspecified atom stereocenters. The molecule has 0 bridgehead atoms. The molecule has 1 fully saturated rings. The van der Waals surface area contributed by atoms with Gasteiger partial charge in [-0.3, -0.25) is 0 Å². The van der Waals surface area contributed by atoms with E-state index in [2.05, 4.69) is 25.1 Å². The van der Waals surface area contributed by atoms with Gasteiger partial charge in [0.05, 0.1) is 0 Å². The SMILES string of the molecule is C[Si](C)(C)CCNN(CCCC1CCCCC1)C(=O)O. The van der Waals surface area contributed by atoms with Crippen LogP contribution in [0.1, 0.15) is 44.9 Å². The summed E-state index contributed by atoms with van der Waals surface area (Å²) >= 11 is 0. The molecule has 0 aromatic rings. The van der Waals surface area contributed by atoms with Crippen LogP contribution >= 0.6 is 0 Å². The standard InChI is InChI=1S/C15H32N2O2Si/c1-20(2,3)13-11-16-17(15(18)19)12-7-10-14-8-5-4-6-9-14/h14,16H,4-13H2,1-3H3,(H,18,19). The molecule has 0 aromatic heterocycles. The van der Waals surface area contributed by atoms with E-state index < -0.39 is 14.2 Å². The Morgan fingerprint density at radius 2 is 1.90 bits per heavy atom. The van der Waals surface area contributed by atoms with Gasteiger partial charge in [0.15, 0.2) is 0 Å². The zero-order valence-corrected chi connectivity index (χ0v) is 14.5. The Balaban J connectivity index is 2.19. The van der Waals surface area contributed by atoms with Crippen LogP contribution in [0.25, 0.3) is 0 Å². The van der Waals surface area contributed by atoms with Crippen molar-refractivity contribution in [2.45, 2.75) is 70.6 Å². The van der Waals surface area contributed by atoms with Crippen molar-refractivity contribution in [1.82, 2.24) is 10.4 Å². The number of carbonyl (C=O) groups is 1. The summed E-state index contributed by atoms with van der Waals surface area (Å²) in [5.41, 5.74) is 3.08. The molecule has 1 amide bonds. The Morgan fingerprint density at radius 3 is 2.45 bits per heavy atom. The zero-order valence-electron chi connectivity index (χ0n) is 13.5. The summed E-state index contributed by atoms with van der Waals surface area (Å²) in [7, 11) is -1.10. The van der Waals surface area contributed by atoms with E-state index in [1.165, 1.54) is 43.5 Å². The Bertz CT molecular complexity index is 286. The van der Waals surface area contributed by atoms with Crippen molar-refractivity contribution in [1.29, 1.82) is 0 Å². The van der Waals surface area contributed by atoms with Gasteiger partial charge in [0.2, 0.25) is 0 Å². The minimum absolute atomic E-state index is 0.623. The molecule has 0 heterocycles. The van der Waals surface area contributed by atoms with Gasteiger partial charge in [0.25, 0.3) is 0 Å². The summed E-state index contributed by atoms with van der Waals surface area (Å²) in [6.07, 6.45) is 8.12. The molecule has 0 saturated heterocycles. The molecule has 1 rings (SSSR count). The quantitative estimate of drug-likeness (QED) is 0.522. The lowest BCUT2D eigenvalue weighted by atomic mass is 9.86. The lowest BCUT2D eigenvalue weighted by Crippen LogP contribution is -2.44. The highest BCUT2D eigenvalue weighted by Gasteiger charge is 2.17. The first-order valence-corrected chi connectivity index (χ1v) is 11.8. The second kappa shape index (κ2) is 8.67. The average Bonchev–Trinajstić information content (AvgIpc) is 2.36. The third kappa shape index (κ3) is 7.90. The van der Waals surface area contributed by atoms with Gasteiger partial charge in [0, 0.05) is 21.2 Å². The maximum atomic E-state index is 11.2. The summed E-state index contributed by atoms with van der Waals surface area (Å²) in [5, 5.41) is 10.6. The maximum Gasteiger partial charge on any atom is 0.421 e. The molecule has 2 N–H and O–H groups in total. The van der Waals surface area contributed by atoms with E-state index in [0.29, 0.717) is 6.54 Å². The van der Waals surface area contributed by atoms with Crippen molar-refractivity contribution < 1.29 is 9.90 Å². The van der Waals surface area contributed by atoms with Crippen LogP contribution in [-0.4, -0.2) is 37.4 Å². The first-order valence-electron chi connectivity index (χ1n) is 8.12. The fourth-order valence-corrected chi connectivity index (χ4v) is 3.68. The molecule has 1 aliphatic carbocycles. The van der Waals surface area contributed by atoms with Gasteiger partial charge < -0.3 is 5.11 Å². The molecule has 20 heavy (non-hydrogen) atoms. The van der Waals surface area contributed by atoms with Crippen LogP contribution in [0.4, 0.5) is 4.79 Å². The smallest absolute Gasteiger partial charge is 0.421 e. The van der Waals surface area contributed by atoms with Crippen molar-refractivity contribution in [2.24, 2.45) is 5.92 Å². The number of amides is 1. The number of nitrogens with one attached hydrogen (secondary N) is 1. The first-order chi connectivity index (χ1) is 9.38. The normalized spacial score (nSPS) is 17.1. The average molecular weight is 301 g/mol. The van der Waals surface area contributed by atoms with Gasteiger partial charge in [-0.05, 0) is 24.8 Å². The fraction of sp³-hybridized carbons (Fsp3) is 0.933. The number of hydrogen-bond acceptors (Lipinski definition) is 2. The second-order valence-electron chi connectivity index (χ2n) is 7.30. The zero-order chi connectivity index (χ0) is 15.0. The summed E-state index contributed by atoms with van der Waals surface area (Å²) in [4.78, 5) is 11.2. The summed E-state index contributed by atoms with van der Waals surface area (Å²) in [5.74, 6) is 0.835. The van der Waals surface area contributed by atoms with E-state index in [1.807, 2.05) is 0 Å². The summed E-state index contributed by atoms with van der Waals surface area (Å²) < 4.78 is 0. The molecule has 1 saturated carbocycles. The monoisotopic (exact) mass is 300 g/mol. The Morgan fingerprint density at radius 1 is 1.25 bits per heavy atom. The second-order valence-corrected chi connectivity index (χ2v) is 12.9. The largest absolute Gasteiger partial charge is 0.464 e. The van der Waals surface area contributed by atoms with Crippen LogP contribution in [-0.2, 0) is 0 Å². The Hall–Kier alpha value is -0.553. The molecule has 5 heteroatoms. The van der Waals surface area contributed by atoms with Crippen LogP contribution < -0.4 is 5.43 Å². The fourth-order valence-electron chi connectivity index (χ4n) is 2.82. The van der Waals surface area contributed by atoms with Gasteiger partial charge in [-0.2, -0.15) is 0 Å². The van der Waals surface area contributed by atoms with Crippen molar-refractivity contribution in [2.75, 3.05) is 13.1 Å². The van der Waals surface area contributed by atoms with Crippen molar-refractivity contribution in [3.8, 4) is 0 Å². The third-order valence-corrected chi connectivity index (χ3v) is 5.88. The number of rotatable bonds is 8. The summed E-state index contributed by atoms with van der Waals surface area (Å²) in [6, 6.07) is 1.11. The molecule has 118 valence electrons. The maximum absolute atomic E-state index is 11.2. The van der Waals surface area contributed by atoms with Crippen molar-refractivity contribution in [3.63, 3.8) is 0 Å². The van der Waals surface area contributed by atoms with Crippen molar-refractivity contribution >= 4 is 14.2 Å². The minimum Gasteiger partial charge on any atom is -0.464 e. The Labute approximate surface area is 124 Å². The van der Waals surface area contributed by atoms with Crippen molar-refractivity contribution in [3.05, 3.63) is 0 Å². The number of hydrazine groups is 1. The molecular weight excluding hydrogens is 268 g/mol. The van der Waals surface area contributed by atoms with E-state index in [1.54, 1.807) is 0 Å². The molecule has 4 nitrogen and oxygen atoms in total. The topological polar surface area (TPSA) is 52.6 Å². The highest BCUT2D eigenvalue weighted by molar-refractivity contribution is 6.76. The highest BCUT2D eigenvalue weighted by atomic mass is 28.3. The highest BCUT2D eigenvalue weighted by Crippen LogP contribution is 2.27. The first kappa shape index (κ1) is 17.5. The molecule has 0 spiro atoms. The van der Waals surface area contributed by atoms with Gasteiger partial charge in [0.1, 0.15) is 0 Å². The predicted molar refractivity (Wildman–Crippen MR) is 86.7 cm³/mol. The molecule has 1 aliphatic rings. The van der Waals surface area contributed by atoms with Crippen LogP contribution in [0.5, 0.6) is 0 Å². The van der Waals surface area contributed by atoms with E-state index in [9.17, 15) is 9.90 Å². The van der Waals surface area contributed by atoms with Gasteiger partial charge in [-0.25, -0.2) is 15.2 Å². The van der Waals surface area contributed by atoms with E-state index >= 15 is 0 Å². The van der Waals surface area contributed by atoms with Crippen LogP contribution in [0, 0.1) is 5.92 Å². The Kier molecular flexibility index (Phi) is 7.59. The molecule has 0 atom stereocenters. The van der Waals surface area contributed by atoms with E-state index in [-0.39, 0.29) is 0 Å². The number of hydrogen-bond donors (Lipinski definition) is 2. The van der Waals surface area contributed by atoms with E-state index in [0.717, 1.165) is 24.9 Å². The van der Waals surface area contributed by atoms with Gasteiger partial charge >= 0.3 is 6.09 Å². The van der Waals surface area contributed by atoms with E-state index in [4.69, 9.17) is 0 Å². The molecule has 0 aromatic carbocycles. The van der Waals surface area contributed by atoms with Gasteiger partial charge in [-0.15, -0.1) is 0 Å². The number of carboxylic acid groups (broad SMARTS) is 1. The number of nitrogens with zero attached hydrogens (tertiary/aromatic N) is 1. The molecule has 0 radical (unpaired) electrons. The lowest BCUT2D eigenvalue weighted by molar-refractivity contribution is 0.118.